The third-order valence-corrected chi connectivity index (χ3v) is 4.46. The molecule has 0 aromatic heterocycles. The van der Waals surface area contributed by atoms with Crippen LogP contribution in [-0.4, -0.2) is 0 Å². The van der Waals surface area contributed by atoms with Crippen molar-refractivity contribution in [1.82, 2.24) is 0 Å². The summed E-state index contributed by atoms with van der Waals surface area (Å²) in [6.45, 7) is 0. The number of benzene rings is 3. The molecule has 120 valence electrons. The van der Waals surface area contributed by atoms with Crippen molar-refractivity contribution in [3.63, 3.8) is 0 Å². The molecule has 0 amide bonds. The minimum Gasteiger partial charge on any atom is -0.206 e. The molecule has 1 aliphatic carbocycles. The summed E-state index contributed by atoms with van der Waals surface area (Å²) < 4.78 is 52.8. The number of alkyl halides is 3. The molecule has 0 saturated heterocycles. The van der Waals surface area contributed by atoms with E-state index in [4.69, 9.17) is 0 Å². The van der Waals surface area contributed by atoms with E-state index >= 15 is 0 Å². The van der Waals surface area contributed by atoms with E-state index in [0.29, 0.717) is 5.56 Å². The molecule has 24 heavy (non-hydrogen) atoms. The molecule has 0 spiro atoms. The van der Waals surface area contributed by atoms with Gasteiger partial charge >= 0.3 is 6.18 Å². The Hall–Kier alpha value is -2.62. The van der Waals surface area contributed by atoms with Gasteiger partial charge in [0.25, 0.3) is 0 Å². The minimum atomic E-state index is -4.71. The fraction of sp³-hybridized carbons (Fsp3) is 0.100. The lowest BCUT2D eigenvalue weighted by Gasteiger charge is -2.17. The predicted octanol–water partition coefficient (Wildman–Crippen LogP) is 6.01. The van der Waals surface area contributed by atoms with Crippen molar-refractivity contribution in [2.45, 2.75) is 12.1 Å². The second kappa shape index (κ2) is 5.20. The Labute approximate surface area is 136 Å². The first kappa shape index (κ1) is 14.9. The van der Waals surface area contributed by atoms with Crippen LogP contribution in [0.1, 0.15) is 28.2 Å². The molecule has 0 heterocycles. The average Bonchev–Trinajstić information content (AvgIpc) is 2.89. The van der Waals surface area contributed by atoms with Gasteiger partial charge in [0.15, 0.2) is 0 Å². The van der Waals surface area contributed by atoms with Gasteiger partial charge in [-0.3, -0.25) is 0 Å². The second-order valence-corrected chi connectivity index (χ2v) is 5.84. The fourth-order valence-corrected chi connectivity index (χ4v) is 3.45. The maximum atomic E-state index is 13.6. The van der Waals surface area contributed by atoms with Gasteiger partial charge in [0, 0.05) is 5.92 Å². The molecule has 3 aromatic carbocycles. The lowest BCUT2D eigenvalue weighted by Crippen LogP contribution is -2.10. The molecule has 0 aliphatic heterocycles. The first-order chi connectivity index (χ1) is 11.5. The molecule has 0 atom stereocenters. The zero-order valence-electron chi connectivity index (χ0n) is 12.4. The van der Waals surface area contributed by atoms with Gasteiger partial charge in [-0.15, -0.1) is 0 Å². The molecule has 0 N–H and O–H groups in total. The van der Waals surface area contributed by atoms with Crippen LogP contribution in [0.2, 0.25) is 0 Å². The van der Waals surface area contributed by atoms with Crippen LogP contribution in [0, 0.1) is 5.82 Å². The normalized spacial score (nSPS) is 13.7. The SMILES string of the molecule is Fc1ccc(C2c3ccccc3-c3ccccc32)cc1C(F)(F)F. The molecule has 0 unspecified atom stereocenters. The van der Waals surface area contributed by atoms with Crippen LogP contribution in [0.15, 0.2) is 66.7 Å². The summed E-state index contributed by atoms with van der Waals surface area (Å²) in [6.07, 6.45) is -4.71. The first-order valence-electron chi connectivity index (χ1n) is 7.51. The molecular formula is C20H12F4. The predicted molar refractivity (Wildman–Crippen MR) is 84.2 cm³/mol. The summed E-state index contributed by atoms with van der Waals surface area (Å²) in [6, 6.07) is 18.6. The van der Waals surface area contributed by atoms with Crippen molar-refractivity contribution in [3.05, 3.63) is 94.8 Å². The first-order valence-corrected chi connectivity index (χ1v) is 7.51. The Balaban J connectivity index is 1.95. The third kappa shape index (κ3) is 2.21. The summed E-state index contributed by atoms with van der Waals surface area (Å²) in [7, 11) is 0. The monoisotopic (exact) mass is 328 g/mol. The molecule has 1 aliphatic rings. The van der Waals surface area contributed by atoms with Crippen LogP contribution in [0.25, 0.3) is 11.1 Å². The number of hydrogen-bond donors (Lipinski definition) is 0. The standard InChI is InChI=1S/C20H12F4/c21-18-10-9-12(11-17(18)20(22,23)24)19-15-7-3-1-5-13(15)14-6-2-4-8-16(14)19/h1-11,19H. The van der Waals surface area contributed by atoms with Gasteiger partial charge in [0.1, 0.15) is 5.82 Å². The molecule has 0 nitrogen and oxygen atoms in total. The summed E-state index contributed by atoms with van der Waals surface area (Å²) in [5.74, 6) is -1.56. The number of halogens is 4. The quantitative estimate of drug-likeness (QED) is 0.376. The van der Waals surface area contributed by atoms with Crippen molar-refractivity contribution in [3.8, 4) is 11.1 Å². The number of hydrogen-bond acceptors (Lipinski definition) is 0. The molecular weight excluding hydrogens is 316 g/mol. The van der Waals surface area contributed by atoms with E-state index in [0.717, 1.165) is 34.4 Å². The summed E-state index contributed by atoms with van der Waals surface area (Å²) in [5.41, 5.74) is 3.13. The van der Waals surface area contributed by atoms with Crippen molar-refractivity contribution in [1.29, 1.82) is 0 Å². The van der Waals surface area contributed by atoms with Crippen molar-refractivity contribution in [2.75, 3.05) is 0 Å². The van der Waals surface area contributed by atoms with E-state index < -0.39 is 17.6 Å². The largest absolute Gasteiger partial charge is 0.419 e. The Morgan fingerprint density at radius 3 is 1.79 bits per heavy atom. The Kier molecular flexibility index (Phi) is 3.23. The average molecular weight is 328 g/mol. The van der Waals surface area contributed by atoms with Crippen LogP contribution in [0.4, 0.5) is 17.6 Å². The molecule has 0 radical (unpaired) electrons. The van der Waals surface area contributed by atoms with Crippen molar-refractivity contribution < 1.29 is 17.6 Å². The van der Waals surface area contributed by atoms with Crippen LogP contribution in [0.5, 0.6) is 0 Å². The van der Waals surface area contributed by atoms with Crippen LogP contribution >= 0.6 is 0 Å². The van der Waals surface area contributed by atoms with Gasteiger partial charge in [-0.05, 0) is 39.9 Å². The Bertz CT molecular complexity index is 879. The van der Waals surface area contributed by atoms with Crippen molar-refractivity contribution in [2.24, 2.45) is 0 Å². The highest BCUT2D eigenvalue weighted by Gasteiger charge is 2.36. The summed E-state index contributed by atoms with van der Waals surface area (Å²) in [5, 5.41) is 0. The van der Waals surface area contributed by atoms with Crippen LogP contribution in [0.3, 0.4) is 0 Å². The van der Waals surface area contributed by atoms with Gasteiger partial charge in [-0.2, -0.15) is 13.2 Å². The summed E-state index contributed by atoms with van der Waals surface area (Å²) in [4.78, 5) is 0. The van der Waals surface area contributed by atoms with Crippen molar-refractivity contribution >= 4 is 0 Å². The van der Waals surface area contributed by atoms with Gasteiger partial charge in [0.2, 0.25) is 0 Å². The topological polar surface area (TPSA) is 0 Å². The van der Waals surface area contributed by atoms with Gasteiger partial charge in [-0.25, -0.2) is 4.39 Å². The number of fused-ring (bicyclic) bond motifs is 3. The summed E-state index contributed by atoms with van der Waals surface area (Å²) >= 11 is 0. The van der Waals surface area contributed by atoms with E-state index in [2.05, 4.69) is 0 Å². The van der Waals surface area contributed by atoms with E-state index in [-0.39, 0.29) is 5.92 Å². The molecule has 3 aromatic rings. The van der Waals surface area contributed by atoms with Gasteiger partial charge < -0.3 is 0 Å². The third-order valence-electron chi connectivity index (χ3n) is 4.46. The maximum Gasteiger partial charge on any atom is 0.419 e. The molecule has 0 fully saturated rings. The van der Waals surface area contributed by atoms with E-state index in [9.17, 15) is 17.6 Å². The second-order valence-electron chi connectivity index (χ2n) is 5.84. The smallest absolute Gasteiger partial charge is 0.206 e. The van der Waals surface area contributed by atoms with Crippen LogP contribution in [-0.2, 0) is 6.18 Å². The lowest BCUT2D eigenvalue weighted by atomic mass is 9.88. The lowest BCUT2D eigenvalue weighted by molar-refractivity contribution is -0.140. The Morgan fingerprint density at radius 1 is 0.708 bits per heavy atom. The van der Waals surface area contributed by atoms with Crippen LogP contribution < -0.4 is 0 Å². The minimum absolute atomic E-state index is 0.320. The van der Waals surface area contributed by atoms with Gasteiger partial charge in [-0.1, -0.05) is 54.6 Å². The highest BCUT2D eigenvalue weighted by Crippen LogP contribution is 2.48. The zero-order chi connectivity index (χ0) is 16.9. The van der Waals surface area contributed by atoms with E-state index in [1.165, 1.54) is 6.07 Å². The Morgan fingerprint density at radius 2 is 1.25 bits per heavy atom. The maximum absolute atomic E-state index is 13.6. The number of rotatable bonds is 1. The van der Waals surface area contributed by atoms with E-state index in [1.54, 1.807) is 0 Å². The molecule has 0 bridgehead atoms. The molecule has 0 saturated carbocycles. The highest BCUT2D eigenvalue weighted by atomic mass is 19.4. The highest BCUT2D eigenvalue weighted by molar-refractivity contribution is 5.80. The zero-order valence-corrected chi connectivity index (χ0v) is 12.4. The fourth-order valence-electron chi connectivity index (χ4n) is 3.45. The van der Waals surface area contributed by atoms with E-state index in [1.807, 2.05) is 48.5 Å². The molecule has 4 rings (SSSR count). The van der Waals surface area contributed by atoms with Gasteiger partial charge in [0.05, 0.1) is 5.56 Å². The molecule has 4 heteroatoms.